The summed E-state index contributed by atoms with van der Waals surface area (Å²) < 4.78 is 2.45. The van der Waals surface area contributed by atoms with E-state index in [2.05, 4.69) is 15.5 Å². The molecule has 1 amide bonds. The maximum Gasteiger partial charge on any atom is 0.244 e. The van der Waals surface area contributed by atoms with Gasteiger partial charge in [0.25, 0.3) is 0 Å². The van der Waals surface area contributed by atoms with Gasteiger partial charge in [-0.25, -0.2) is 0 Å². The van der Waals surface area contributed by atoms with Gasteiger partial charge in [0.2, 0.25) is 5.91 Å². The second-order valence-electron chi connectivity index (χ2n) is 5.41. The van der Waals surface area contributed by atoms with Crippen LogP contribution in [-0.4, -0.2) is 32.3 Å². The van der Waals surface area contributed by atoms with Crippen molar-refractivity contribution in [1.29, 1.82) is 0 Å². The minimum atomic E-state index is -0.181. The van der Waals surface area contributed by atoms with E-state index in [9.17, 15) is 9.90 Å². The van der Waals surface area contributed by atoms with Crippen molar-refractivity contribution in [3.8, 4) is 5.75 Å². The number of amides is 1. The van der Waals surface area contributed by atoms with Gasteiger partial charge in [-0.15, -0.1) is 0 Å². The maximum absolute atomic E-state index is 11.8. The highest BCUT2D eigenvalue weighted by Gasteiger charge is 2.09. The van der Waals surface area contributed by atoms with Gasteiger partial charge in [0.1, 0.15) is 11.6 Å². The molecular weight excluding hydrogens is 312 g/mol. The minimum Gasteiger partial charge on any atom is -0.508 e. The number of rotatable bonds is 6. The van der Waals surface area contributed by atoms with Crippen LogP contribution in [0, 0.1) is 4.77 Å². The number of nitrogens with one attached hydrogen (secondary N) is 2. The lowest BCUT2D eigenvalue weighted by molar-refractivity contribution is -0.116. The number of nitrogens with zero attached hydrogens (tertiary/aromatic N) is 2. The summed E-state index contributed by atoms with van der Waals surface area (Å²) in [5.41, 5.74) is 0.845. The molecule has 23 heavy (non-hydrogen) atoms. The number of carbonyl (C=O) groups is 1. The number of carbonyl (C=O) groups excluding carboxylic acids is 1. The molecule has 3 N–H and O–H groups in total. The molecule has 0 aliphatic carbocycles. The van der Waals surface area contributed by atoms with Crippen molar-refractivity contribution in [1.82, 2.24) is 20.1 Å². The largest absolute Gasteiger partial charge is 0.508 e. The average molecular weight is 332 g/mol. The number of aromatic amines is 1. The first-order valence-electron chi connectivity index (χ1n) is 7.37. The van der Waals surface area contributed by atoms with Crippen molar-refractivity contribution in [2.75, 3.05) is 6.54 Å². The van der Waals surface area contributed by atoms with Crippen molar-refractivity contribution in [3.63, 3.8) is 0 Å². The summed E-state index contributed by atoms with van der Waals surface area (Å²) in [5.74, 6) is 1.15. The van der Waals surface area contributed by atoms with Crippen LogP contribution in [-0.2, 0) is 11.3 Å². The SMILES string of the molecule is CC(C)c1n[nH]c(=S)n1CCNC(=O)C=Cc1ccc(O)cc1. The highest BCUT2D eigenvalue weighted by Crippen LogP contribution is 2.11. The van der Waals surface area contributed by atoms with E-state index in [-0.39, 0.29) is 17.6 Å². The molecule has 0 atom stereocenters. The Balaban J connectivity index is 1.87. The van der Waals surface area contributed by atoms with Gasteiger partial charge in [-0.2, -0.15) is 5.10 Å². The van der Waals surface area contributed by atoms with Crippen LogP contribution in [0.4, 0.5) is 0 Å². The summed E-state index contributed by atoms with van der Waals surface area (Å²) >= 11 is 5.19. The molecule has 1 aromatic heterocycles. The van der Waals surface area contributed by atoms with Crippen molar-refractivity contribution in [2.45, 2.75) is 26.3 Å². The Morgan fingerprint density at radius 2 is 2.13 bits per heavy atom. The van der Waals surface area contributed by atoms with Crippen LogP contribution in [0.1, 0.15) is 31.2 Å². The zero-order chi connectivity index (χ0) is 16.8. The van der Waals surface area contributed by atoms with Gasteiger partial charge in [0.05, 0.1) is 0 Å². The molecule has 0 radical (unpaired) electrons. The summed E-state index contributed by atoms with van der Waals surface area (Å²) in [6.45, 7) is 5.12. The lowest BCUT2D eigenvalue weighted by Gasteiger charge is -2.09. The fraction of sp³-hybridized carbons (Fsp3) is 0.312. The molecule has 0 fully saturated rings. The van der Waals surface area contributed by atoms with E-state index in [0.29, 0.717) is 17.9 Å². The van der Waals surface area contributed by atoms with Gasteiger partial charge in [0.15, 0.2) is 4.77 Å². The third kappa shape index (κ3) is 4.79. The Morgan fingerprint density at radius 3 is 2.78 bits per heavy atom. The molecule has 0 aliphatic heterocycles. The molecule has 2 aromatic rings. The van der Waals surface area contributed by atoms with E-state index < -0.39 is 0 Å². The summed E-state index contributed by atoms with van der Waals surface area (Å²) in [7, 11) is 0. The predicted molar refractivity (Wildman–Crippen MR) is 91.7 cm³/mol. The zero-order valence-corrected chi connectivity index (χ0v) is 13.9. The number of hydrogen-bond acceptors (Lipinski definition) is 4. The first-order valence-corrected chi connectivity index (χ1v) is 7.78. The maximum atomic E-state index is 11.8. The van der Waals surface area contributed by atoms with E-state index in [4.69, 9.17) is 12.2 Å². The van der Waals surface area contributed by atoms with Gasteiger partial charge >= 0.3 is 0 Å². The van der Waals surface area contributed by atoms with Crippen molar-refractivity contribution in [2.24, 2.45) is 0 Å². The van der Waals surface area contributed by atoms with Gasteiger partial charge in [-0.3, -0.25) is 9.89 Å². The Bertz CT molecular complexity index is 744. The number of benzene rings is 1. The number of hydrogen-bond donors (Lipinski definition) is 3. The van der Waals surface area contributed by atoms with Crippen LogP contribution >= 0.6 is 12.2 Å². The first-order chi connectivity index (χ1) is 11.0. The molecule has 0 aliphatic rings. The highest BCUT2D eigenvalue weighted by atomic mass is 32.1. The van der Waals surface area contributed by atoms with Gasteiger partial charge in [0, 0.05) is 25.1 Å². The van der Waals surface area contributed by atoms with Crippen LogP contribution in [0.25, 0.3) is 6.08 Å². The summed E-state index contributed by atoms with van der Waals surface area (Å²) in [5, 5.41) is 19.0. The number of phenols is 1. The normalized spacial score (nSPS) is 11.3. The van der Waals surface area contributed by atoms with Crippen LogP contribution in [0.15, 0.2) is 30.3 Å². The number of H-pyrrole nitrogens is 1. The van der Waals surface area contributed by atoms with Gasteiger partial charge in [-0.1, -0.05) is 26.0 Å². The van der Waals surface area contributed by atoms with Gasteiger partial charge in [-0.05, 0) is 36.0 Å². The van der Waals surface area contributed by atoms with E-state index in [1.165, 1.54) is 6.08 Å². The standard InChI is InChI=1S/C16H20N4O2S/c1-11(2)15-18-19-16(23)20(15)10-9-17-14(22)8-5-12-3-6-13(21)7-4-12/h3-8,11,21H,9-10H2,1-2H3,(H,17,22)(H,19,23). The van der Waals surface area contributed by atoms with E-state index in [1.54, 1.807) is 30.3 Å². The molecule has 1 heterocycles. The lowest BCUT2D eigenvalue weighted by Crippen LogP contribution is -2.26. The highest BCUT2D eigenvalue weighted by molar-refractivity contribution is 7.71. The molecule has 0 saturated carbocycles. The average Bonchev–Trinajstić information content (AvgIpc) is 2.88. The molecule has 2 rings (SSSR count). The molecule has 7 heteroatoms. The predicted octanol–water partition coefficient (Wildman–Crippen LogP) is 2.60. The Kier molecular flexibility index (Phi) is 5.70. The summed E-state index contributed by atoms with van der Waals surface area (Å²) in [6.07, 6.45) is 3.15. The van der Waals surface area contributed by atoms with Crippen LogP contribution < -0.4 is 5.32 Å². The topological polar surface area (TPSA) is 82.9 Å². The first kappa shape index (κ1) is 17.0. The second-order valence-corrected chi connectivity index (χ2v) is 5.80. The summed E-state index contributed by atoms with van der Waals surface area (Å²) in [6, 6.07) is 6.62. The molecule has 6 nitrogen and oxygen atoms in total. The van der Waals surface area contributed by atoms with Crippen molar-refractivity contribution >= 4 is 24.2 Å². The van der Waals surface area contributed by atoms with Crippen LogP contribution in [0.5, 0.6) is 5.75 Å². The molecular formula is C16H20N4O2S. The fourth-order valence-electron chi connectivity index (χ4n) is 2.09. The molecule has 0 unspecified atom stereocenters. The number of aromatic hydroxyl groups is 1. The van der Waals surface area contributed by atoms with Crippen LogP contribution in [0.3, 0.4) is 0 Å². The van der Waals surface area contributed by atoms with Crippen molar-refractivity contribution < 1.29 is 9.90 Å². The molecule has 0 bridgehead atoms. The quantitative estimate of drug-likeness (QED) is 0.561. The molecule has 0 saturated heterocycles. The lowest BCUT2D eigenvalue weighted by atomic mass is 10.2. The molecule has 0 spiro atoms. The zero-order valence-electron chi connectivity index (χ0n) is 13.1. The van der Waals surface area contributed by atoms with E-state index in [0.717, 1.165) is 11.4 Å². The van der Waals surface area contributed by atoms with E-state index >= 15 is 0 Å². The smallest absolute Gasteiger partial charge is 0.244 e. The third-order valence-electron chi connectivity index (χ3n) is 3.26. The van der Waals surface area contributed by atoms with Crippen molar-refractivity contribution in [3.05, 3.63) is 46.5 Å². The van der Waals surface area contributed by atoms with E-state index in [1.807, 2.05) is 18.4 Å². The monoisotopic (exact) mass is 332 g/mol. The Morgan fingerprint density at radius 1 is 1.43 bits per heavy atom. The van der Waals surface area contributed by atoms with Gasteiger partial charge < -0.3 is 15.0 Å². The molecule has 122 valence electrons. The number of aromatic nitrogens is 3. The Hall–Kier alpha value is -2.41. The minimum absolute atomic E-state index is 0.181. The van der Waals surface area contributed by atoms with Crippen LogP contribution in [0.2, 0.25) is 0 Å². The second kappa shape index (κ2) is 7.73. The molecule has 1 aromatic carbocycles. The number of phenolic OH excluding ortho intramolecular Hbond substituents is 1. The summed E-state index contributed by atoms with van der Waals surface area (Å²) in [4.78, 5) is 11.8. The fourth-order valence-corrected chi connectivity index (χ4v) is 2.32. The third-order valence-corrected chi connectivity index (χ3v) is 3.57. The Labute approximate surface area is 139 Å².